The van der Waals surface area contributed by atoms with E-state index in [1.54, 1.807) is 42.5 Å². The Morgan fingerprint density at radius 1 is 1.05 bits per heavy atom. The fourth-order valence-corrected chi connectivity index (χ4v) is 1.90. The lowest BCUT2D eigenvalue weighted by atomic mass is 10.1. The molecule has 0 aliphatic heterocycles. The van der Waals surface area contributed by atoms with Crippen LogP contribution in [0.1, 0.15) is 15.9 Å². The van der Waals surface area contributed by atoms with Crippen LogP contribution >= 0.6 is 0 Å². The minimum absolute atomic E-state index is 0.132. The molecule has 0 aliphatic rings. The molecule has 5 nitrogen and oxygen atoms in total. The molecule has 0 radical (unpaired) electrons. The van der Waals surface area contributed by atoms with Crippen molar-refractivity contribution in [3.8, 4) is 5.69 Å². The van der Waals surface area contributed by atoms with Crippen molar-refractivity contribution < 1.29 is 9.18 Å². The molecule has 3 rings (SSSR count). The Bertz CT molecular complexity index is 793. The van der Waals surface area contributed by atoms with Crippen LogP contribution in [0.2, 0.25) is 0 Å². The molecule has 3 aromatic rings. The smallest absolute Gasteiger partial charge is 0.185 e. The summed E-state index contributed by atoms with van der Waals surface area (Å²) in [5.74, 6) is -0.436. The van der Waals surface area contributed by atoms with Crippen LogP contribution in [0, 0.1) is 5.82 Å². The van der Waals surface area contributed by atoms with Gasteiger partial charge in [-0.3, -0.25) is 4.79 Å². The van der Waals surface area contributed by atoms with E-state index in [0.717, 1.165) is 11.3 Å². The molecular weight excluding hydrogens is 283 g/mol. The molecule has 0 unspecified atom stereocenters. The lowest BCUT2D eigenvalue weighted by Gasteiger charge is -2.00. The van der Waals surface area contributed by atoms with Gasteiger partial charge in [-0.25, -0.2) is 9.07 Å². The second kappa shape index (κ2) is 6.09. The molecule has 22 heavy (non-hydrogen) atoms. The SMILES string of the molecule is O=C(/C=C/c1ccc(F)cc1)c1ccc(-n2cnnn2)cc1. The van der Waals surface area contributed by atoms with Crippen LogP contribution in [0.5, 0.6) is 0 Å². The lowest BCUT2D eigenvalue weighted by molar-refractivity contribution is 0.104. The topological polar surface area (TPSA) is 60.7 Å². The highest BCUT2D eigenvalue weighted by Crippen LogP contribution is 2.10. The van der Waals surface area contributed by atoms with Gasteiger partial charge in [0.1, 0.15) is 12.1 Å². The highest BCUT2D eigenvalue weighted by Gasteiger charge is 2.03. The summed E-state index contributed by atoms with van der Waals surface area (Å²) >= 11 is 0. The van der Waals surface area contributed by atoms with Gasteiger partial charge in [-0.2, -0.15) is 0 Å². The summed E-state index contributed by atoms with van der Waals surface area (Å²) in [6, 6.07) is 12.9. The molecular formula is C16H11FN4O. The molecule has 0 spiro atoms. The second-order valence-electron chi connectivity index (χ2n) is 4.55. The highest BCUT2D eigenvalue weighted by atomic mass is 19.1. The van der Waals surface area contributed by atoms with Gasteiger partial charge in [0.15, 0.2) is 5.78 Å². The van der Waals surface area contributed by atoms with Crippen LogP contribution in [-0.2, 0) is 0 Å². The third kappa shape index (κ3) is 3.12. The molecule has 0 atom stereocenters. The first kappa shape index (κ1) is 13.8. The Kier molecular flexibility index (Phi) is 3.82. The van der Waals surface area contributed by atoms with Crippen molar-refractivity contribution in [3.63, 3.8) is 0 Å². The van der Waals surface area contributed by atoms with Crippen LogP contribution in [0.3, 0.4) is 0 Å². The van der Waals surface area contributed by atoms with Crippen molar-refractivity contribution in [1.82, 2.24) is 20.2 Å². The zero-order chi connectivity index (χ0) is 15.4. The van der Waals surface area contributed by atoms with Crippen LogP contribution in [-0.4, -0.2) is 26.0 Å². The Morgan fingerprint density at radius 2 is 1.77 bits per heavy atom. The molecule has 0 aliphatic carbocycles. The van der Waals surface area contributed by atoms with Gasteiger partial charge in [0.25, 0.3) is 0 Å². The van der Waals surface area contributed by atoms with E-state index >= 15 is 0 Å². The van der Waals surface area contributed by atoms with Crippen LogP contribution < -0.4 is 0 Å². The van der Waals surface area contributed by atoms with Crippen molar-refractivity contribution in [3.05, 3.63) is 77.9 Å². The lowest BCUT2D eigenvalue weighted by Crippen LogP contribution is -1.98. The molecule has 0 saturated carbocycles. The first-order valence-electron chi connectivity index (χ1n) is 6.54. The Labute approximate surface area is 125 Å². The molecule has 0 fully saturated rings. The fourth-order valence-electron chi connectivity index (χ4n) is 1.90. The van der Waals surface area contributed by atoms with E-state index in [1.165, 1.54) is 29.2 Å². The van der Waals surface area contributed by atoms with Gasteiger partial charge in [-0.1, -0.05) is 18.2 Å². The van der Waals surface area contributed by atoms with E-state index in [-0.39, 0.29) is 11.6 Å². The van der Waals surface area contributed by atoms with Crippen molar-refractivity contribution in [1.29, 1.82) is 0 Å². The van der Waals surface area contributed by atoms with Gasteiger partial charge < -0.3 is 0 Å². The monoisotopic (exact) mass is 294 g/mol. The van der Waals surface area contributed by atoms with Crippen molar-refractivity contribution in [2.45, 2.75) is 0 Å². The molecule has 0 saturated heterocycles. The summed E-state index contributed by atoms with van der Waals surface area (Å²) in [7, 11) is 0. The van der Waals surface area contributed by atoms with E-state index in [0.29, 0.717) is 5.56 Å². The first-order chi connectivity index (χ1) is 10.7. The zero-order valence-corrected chi connectivity index (χ0v) is 11.4. The molecule has 0 N–H and O–H groups in total. The number of tetrazole rings is 1. The molecule has 1 heterocycles. The summed E-state index contributed by atoms with van der Waals surface area (Å²) in [6.45, 7) is 0. The van der Waals surface area contributed by atoms with E-state index in [2.05, 4.69) is 15.5 Å². The second-order valence-corrected chi connectivity index (χ2v) is 4.55. The number of hydrogen-bond acceptors (Lipinski definition) is 4. The summed E-state index contributed by atoms with van der Waals surface area (Å²) in [6.07, 6.45) is 4.58. The van der Waals surface area contributed by atoms with Crippen LogP contribution in [0.15, 0.2) is 60.9 Å². The van der Waals surface area contributed by atoms with E-state index < -0.39 is 0 Å². The summed E-state index contributed by atoms with van der Waals surface area (Å²) < 4.78 is 14.3. The van der Waals surface area contributed by atoms with Crippen molar-refractivity contribution in [2.24, 2.45) is 0 Å². The predicted octanol–water partition coefficient (Wildman–Crippen LogP) is 2.70. The molecule has 0 amide bonds. The van der Waals surface area contributed by atoms with Gasteiger partial charge in [0, 0.05) is 5.56 Å². The summed E-state index contributed by atoms with van der Waals surface area (Å²) in [5.41, 5.74) is 2.08. The van der Waals surface area contributed by atoms with Gasteiger partial charge in [0.05, 0.1) is 5.69 Å². The Balaban J connectivity index is 1.73. The fraction of sp³-hybridized carbons (Fsp3) is 0. The van der Waals surface area contributed by atoms with Crippen LogP contribution in [0.4, 0.5) is 4.39 Å². The standard InChI is InChI=1S/C16H11FN4O/c17-14-6-1-12(2-7-14)3-10-16(22)13-4-8-15(9-5-13)21-11-18-19-20-21/h1-11H/b10-3+. The quantitative estimate of drug-likeness (QED) is 0.548. The largest absolute Gasteiger partial charge is 0.289 e. The van der Waals surface area contributed by atoms with Crippen molar-refractivity contribution >= 4 is 11.9 Å². The predicted molar refractivity (Wildman–Crippen MR) is 78.9 cm³/mol. The average Bonchev–Trinajstić information content (AvgIpc) is 3.09. The van der Waals surface area contributed by atoms with Crippen molar-refractivity contribution in [2.75, 3.05) is 0 Å². The maximum atomic E-state index is 12.8. The van der Waals surface area contributed by atoms with Gasteiger partial charge in [0.2, 0.25) is 0 Å². The van der Waals surface area contributed by atoms with Gasteiger partial charge in [-0.15, -0.1) is 5.10 Å². The van der Waals surface area contributed by atoms with Gasteiger partial charge in [-0.05, 0) is 58.5 Å². The maximum Gasteiger partial charge on any atom is 0.185 e. The summed E-state index contributed by atoms with van der Waals surface area (Å²) in [5, 5.41) is 10.9. The molecule has 108 valence electrons. The number of aromatic nitrogens is 4. The first-order valence-corrected chi connectivity index (χ1v) is 6.54. The minimum Gasteiger partial charge on any atom is -0.289 e. The number of hydrogen-bond donors (Lipinski definition) is 0. The van der Waals surface area contributed by atoms with Crippen LogP contribution in [0.25, 0.3) is 11.8 Å². The highest BCUT2D eigenvalue weighted by molar-refractivity contribution is 6.06. The average molecular weight is 294 g/mol. The zero-order valence-electron chi connectivity index (χ0n) is 11.4. The number of carbonyl (C=O) groups excluding carboxylic acids is 1. The number of nitrogens with zero attached hydrogens (tertiary/aromatic N) is 4. The molecule has 1 aromatic heterocycles. The van der Waals surface area contributed by atoms with E-state index in [1.807, 2.05) is 0 Å². The molecule has 0 bridgehead atoms. The number of rotatable bonds is 4. The third-order valence-corrected chi connectivity index (χ3v) is 3.06. The Morgan fingerprint density at radius 3 is 2.41 bits per heavy atom. The van der Waals surface area contributed by atoms with Gasteiger partial charge >= 0.3 is 0 Å². The number of carbonyl (C=O) groups is 1. The third-order valence-electron chi connectivity index (χ3n) is 3.06. The normalized spacial score (nSPS) is 11.0. The number of benzene rings is 2. The number of halogens is 1. The maximum absolute atomic E-state index is 12.8. The molecule has 6 heteroatoms. The summed E-state index contributed by atoms with van der Waals surface area (Å²) in [4.78, 5) is 12.1. The number of ketones is 1. The minimum atomic E-state index is -0.304. The van der Waals surface area contributed by atoms with E-state index in [4.69, 9.17) is 0 Å². The number of allylic oxidation sites excluding steroid dienone is 1. The van der Waals surface area contributed by atoms with E-state index in [9.17, 15) is 9.18 Å². The molecule has 2 aromatic carbocycles. The Hall–Kier alpha value is -3.15.